The lowest BCUT2D eigenvalue weighted by Crippen LogP contribution is -2.50. The van der Waals surface area contributed by atoms with Gasteiger partial charge < -0.3 is 23.7 Å². The first-order valence-corrected chi connectivity index (χ1v) is 13.1. The second-order valence-electron chi connectivity index (χ2n) is 9.26. The van der Waals surface area contributed by atoms with Gasteiger partial charge in [-0.05, 0) is 16.7 Å². The van der Waals surface area contributed by atoms with E-state index in [1.807, 2.05) is 91.0 Å². The molecule has 3 aromatic carbocycles. The molecule has 0 aromatic heterocycles. The first kappa shape index (κ1) is 31.0. The van der Waals surface area contributed by atoms with Gasteiger partial charge in [-0.2, -0.15) is 0 Å². The van der Waals surface area contributed by atoms with Crippen molar-refractivity contribution in [1.82, 2.24) is 0 Å². The Morgan fingerprint density at radius 1 is 0.537 bits per heavy atom. The minimum Gasteiger partial charge on any atom is -0.462 e. The van der Waals surface area contributed by atoms with Crippen molar-refractivity contribution < 1.29 is 42.9 Å². The van der Waals surface area contributed by atoms with Crippen molar-refractivity contribution in [3.8, 4) is 0 Å². The fourth-order valence-corrected chi connectivity index (χ4v) is 4.58. The Labute approximate surface area is 239 Å². The minimum atomic E-state index is -1.36. The van der Waals surface area contributed by atoms with Crippen LogP contribution in [0.3, 0.4) is 0 Å². The van der Waals surface area contributed by atoms with E-state index in [0.717, 1.165) is 30.5 Å². The number of carbonyl (C=O) groups is 4. The van der Waals surface area contributed by atoms with Gasteiger partial charge in [0, 0.05) is 27.7 Å². The summed E-state index contributed by atoms with van der Waals surface area (Å²) in [6.07, 6.45) is -3.90. The lowest BCUT2D eigenvalue weighted by Gasteiger charge is -2.38. The number of ether oxygens (including phenoxy) is 5. The van der Waals surface area contributed by atoms with Crippen LogP contribution in [-0.4, -0.2) is 55.4 Å². The highest BCUT2D eigenvalue weighted by Crippen LogP contribution is 2.40. The Kier molecular flexibility index (Phi) is 11.2. The third-order valence-corrected chi connectivity index (χ3v) is 6.13. The number of rotatable bonds is 13. The predicted octanol–water partition coefficient (Wildman–Crippen LogP) is 4.35. The zero-order chi connectivity index (χ0) is 29.8. The second-order valence-corrected chi connectivity index (χ2v) is 9.26. The molecule has 0 spiro atoms. The summed E-state index contributed by atoms with van der Waals surface area (Å²) in [5, 5.41) is 0. The zero-order valence-corrected chi connectivity index (χ0v) is 23.5. The van der Waals surface area contributed by atoms with E-state index in [2.05, 4.69) is 0 Å². The van der Waals surface area contributed by atoms with Gasteiger partial charge >= 0.3 is 23.9 Å². The molecule has 216 valence electrons. The number of benzene rings is 3. The Morgan fingerprint density at radius 3 is 1.24 bits per heavy atom. The SMILES string of the molecule is CC(=O)OC[C@H](OC(C)=O)[C@H](OC(C)=O)[C@@H](COC(c1ccccc1)(c1ccccc1)c1ccccc1)OC(C)=O. The quantitative estimate of drug-likeness (QED) is 0.170. The van der Waals surface area contributed by atoms with Crippen molar-refractivity contribution in [2.45, 2.75) is 51.6 Å². The van der Waals surface area contributed by atoms with Crippen molar-refractivity contribution in [3.05, 3.63) is 108 Å². The molecule has 0 fully saturated rings. The Bertz CT molecular complexity index is 1200. The van der Waals surface area contributed by atoms with Crippen LogP contribution in [0.25, 0.3) is 0 Å². The van der Waals surface area contributed by atoms with Crippen molar-refractivity contribution in [2.24, 2.45) is 0 Å². The molecule has 3 aromatic rings. The molecular formula is C32H34O9. The maximum atomic E-state index is 12.3. The van der Waals surface area contributed by atoms with Gasteiger partial charge in [-0.1, -0.05) is 91.0 Å². The Hall–Kier alpha value is -4.50. The van der Waals surface area contributed by atoms with Gasteiger partial charge in [0.2, 0.25) is 0 Å². The molecule has 0 N–H and O–H groups in total. The molecule has 3 rings (SSSR count). The van der Waals surface area contributed by atoms with Crippen molar-refractivity contribution >= 4 is 23.9 Å². The molecular weight excluding hydrogens is 528 g/mol. The molecule has 3 atom stereocenters. The molecule has 0 amide bonds. The fourth-order valence-electron chi connectivity index (χ4n) is 4.58. The maximum Gasteiger partial charge on any atom is 0.303 e. The topological polar surface area (TPSA) is 114 Å². The molecule has 0 aliphatic rings. The monoisotopic (exact) mass is 562 g/mol. The van der Waals surface area contributed by atoms with Crippen LogP contribution in [0, 0.1) is 0 Å². The number of carbonyl (C=O) groups excluding carboxylic acids is 4. The molecule has 0 radical (unpaired) electrons. The van der Waals surface area contributed by atoms with E-state index in [1.165, 1.54) is 13.8 Å². The fraction of sp³-hybridized carbons (Fsp3) is 0.312. The summed E-state index contributed by atoms with van der Waals surface area (Å²) in [4.78, 5) is 48.0. The van der Waals surface area contributed by atoms with Crippen LogP contribution < -0.4 is 0 Å². The normalized spacial score (nSPS) is 13.3. The summed E-state index contributed by atoms with van der Waals surface area (Å²) >= 11 is 0. The highest BCUT2D eigenvalue weighted by Gasteiger charge is 2.43. The first-order chi connectivity index (χ1) is 19.6. The third kappa shape index (κ3) is 8.49. The highest BCUT2D eigenvalue weighted by molar-refractivity contribution is 5.68. The molecule has 0 unspecified atom stereocenters. The van der Waals surface area contributed by atoms with Crippen molar-refractivity contribution in [3.63, 3.8) is 0 Å². The van der Waals surface area contributed by atoms with Crippen LogP contribution in [0.15, 0.2) is 91.0 Å². The van der Waals surface area contributed by atoms with Crippen LogP contribution in [0.1, 0.15) is 44.4 Å². The summed E-state index contributed by atoms with van der Waals surface area (Å²) in [6.45, 7) is 3.97. The molecule has 0 heterocycles. The third-order valence-electron chi connectivity index (χ3n) is 6.13. The standard InChI is InChI=1S/C32H34O9/c1-22(33)37-20-29(39-23(2)34)31(41-25(4)36)30(40-24(3)35)21-38-32(26-14-8-5-9-15-26,27-16-10-6-11-17-27)28-18-12-7-13-19-28/h5-19,29-31H,20-21H2,1-4H3/t29-,30+,31-/m0/s1. The van der Waals surface area contributed by atoms with Gasteiger partial charge in [0.05, 0.1) is 6.61 Å². The summed E-state index contributed by atoms with van der Waals surface area (Å²) in [5.74, 6) is -2.77. The molecule has 9 nitrogen and oxygen atoms in total. The van der Waals surface area contributed by atoms with E-state index >= 15 is 0 Å². The van der Waals surface area contributed by atoms with Crippen LogP contribution >= 0.6 is 0 Å². The molecule has 0 aliphatic heterocycles. The van der Waals surface area contributed by atoms with E-state index in [4.69, 9.17) is 23.7 Å². The van der Waals surface area contributed by atoms with Gasteiger partial charge in [0.15, 0.2) is 18.3 Å². The van der Waals surface area contributed by atoms with E-state index < -0.39 is 54.4 Å². The molecule has 0 saturated heterocycles. The van der Waals surface area contributed by atoms with E-state index in [-0.39, 0.29) is 6.61 Å². The van der Waals surface area contributed by atoms with Crippen LogP contribution in [-0.2, 0) is 48.5 Å². The summed E-state index contributed by atoms with van der Waals surface area (Å²) in [5.41, 5.74) is 1.19. The van der Waals surface area contributed by atoms with Gasteiger partial charge in [-0.15, -0.1) is 0 Å². The summed E-state index contributed by atoms with van der Waals surface area (Å²) in [7, 11) is 0. The lowest BCUT2D eigenvalue weighted by molar-refractivity contribution is -0.196. The molecule has 0 aliphatic carbocycles. The average Bonchev–Trinajstić information content (AvgIpc) is 2.95. The number of esters is 4. The molecule has 9 heteroatoms. The molecule has 0 bridgehead atoms. The largest absolute Gasteiger partial charge is 0.462 e. The number of hydrogen-bond donors (Lipinski definition) is 0. The number of hydrogen-bond acceptors (Lipinski definition) is 9. The Balaban J connectivity index is 2.14. The van der Waals surface area contributed by atoms with Crippen LogP contribution in [0.4, 0.5) is 0 Å². The van der Waals surface area contributed by atoms with Crippen molar-refractivity contribution in [2.75, 3.05) is 13.2 Å². The first-order valence-electron chi connectivity index (χ1n) is 13.1. The van der Waals surface area contributed by atoms with Gasteiger partial charge in [0.25, 0.3) is 0 Å². The van der Waals surface area contributed by atoms with E-state index in [0.29, 0.717) is 0 Å². The van der Waals surface area contributed by atoms with E-state index in [9.17, 15) is 19.2 Å². The van der Waals surface area contributed by atoms with Gasteiger partial charge in [-0.3, -0.25) is 19.2 Å². The van der Waals surface area contributed by atoms with Crippen molar-refractivity contribution in [1.29, 1.82) is 0 Å². The lowest BCUT2D eigenvalue weighted by atomic mass is 9.80. The minimum absolute atomic E-state index is 0.298. The van der Waals surface area contributed by atoms with Crippen LogP contribution in [0.2, 0.25) is 0 Å². The Morgan fingerprint density at radius 2 is 0.902 bits per heavy atom. The summed E-state index contributed by atoms with van der Waals surface area (Å²) < 4.78 is 28.4. The molecule has 41 heavy (non-hydrogen) atoms. The summed E-state index contributed by atoms with van der Waals surface area (Å²) in [6, 6.07) is 28.5. The maximum absolute atomic E-state index is 12.3. The average molecular weight is 563 g/mol. The van der Waals surface area contributed by atoms with Gasteiger partial charge in [-0.25, -0.2) is 0 Å². The van der Waals surface area contributed by atoms with Gasteiger partial charge in [0.1, 0.15) is 12.2 Å². The zero-order valence-electron chi connectivity index (χ0n) is 23.5. The van der Waals surface area contributed by atoms with Crippen LogP contribution in [0.5, 0.6) is 0 Å². The highest BCUT2D eigenvalue weighted by atomic mass is 16.6. The predicted molar refractivity (Wildman–Crippen MR) is 148 cm³/mol. The molecule has 0 saturated carbocycles. The second kappa shape index (κ2) is 14.8. The van der Waals surface area contributed by atoms with E-state index in [1.54, 1.807) is 0 Å². The smallest absolute Gasteiger partial charge is 0.303 e.